The lowest BCUT2D eigenvalue weighted by molar-refractivity contribution is -0.136. The molecule has 1 aromatic heterocycles. The molecule has 4 rings (SSSR count). The van der Waals surface area contributed by atoms with Gasteiger partial charge in [0.2, 0.25) is 0 Å². The Morgan fingerprint density at radius 2 is 1.82 bits per heavy atom. The first kappa shape index (κ1) is 27.9. The highest BCUT2D eigenvalue weighted by molar-refractivity contribution is 6.30. The van der Waals surface area contributed by atoms with Crippen molar-refractivity contribution in [1.82, 2.24) is 24.7 Å². The molecule has 2 heterocycles. The van der Waals surface area contributed by atoms with E-state index in [1.807, 2.05) is 38.4 Å². The van der Waals surface area contributed by atoms with Crippen LogP contribution in [-0.4, -0.2) is 84.1 Å². The van der Waals surface area contributed by atoms with Gasteiger partial charge in [-0.05, 0) is 57.4 Å². The molecule has 0 unspecified atom stereocenters. The Kier molecular flexibility index (Phi) is 8.91. The Bertz CT molecular complexity index is 1260. The lowest BCUT2D eigenvalue weighted by atomic mass is 10.1. The van der Waals surface area contributed by atoms with Gasteiger partial charge in [-0.1, -0.05) is 23.7 Å². The van der Waals surface area contributed by atoms with Crippen LogP contribution < -0.4 is 10.6 Å². The first-order chi connectivity index (χ1) is 18.1. The van der Waals surface area contributed by atoms with Crippen molar-refractivity contribution < 1.29 is 18.0 Å². The predicted molar refractivity (Wildman–Crippen MR) is 144 cm³/mol. The average molecular weight is 550 g/mol. The Morgan fingerprint density at radius 1 is 1.08 bits per heavy atom. The zero-order valence-electron chi connectivity index (χ0n) is 21.4. The van der Waals surface area contributed by atoms with Gasteiger partial charge in [-0.3, -0.25) is 4.90 Å². The van der Waals surface area contributed by atoms with Crippen molar-refractivity contribution in [3.63, 3.8) is 0 Å². The minimum absolute atomic E-state index is 0.0493. The van der Waals surface area contributed by atoms with E-state index in [4.69, 9.17) is 21.6 Å². The third-order valence-electron chi connectivity index (χ3n) is 6.28. The van der Waals surface area contributed by atoms with E-state index in [9.17, 15) is 18.0 Å². The summed E-state index contributed by atoms with van der Waals surface area (Å²) in [6.45, 7) is 4.08. The highest BCUT2D eigenvalue weighted by Gasteiger charge is 2.35. The summed E-state index contributed by atoms with van der Waals surface area (Å²) in [5.74, 6) is 1.47. The van der Waals surface area contributed by atoms with Gasteiger partial charge in [-0.2, -0.15) is 13.2 Å². The lowest BCUT2D eigenvalue weighted by Crippen LogP contribution is -2.49. The maximum Gasteiger partial charge on any atom is 0.418 e. The highest BCUT2D eigenvalue weighted by atomic mass is 35.5. The van der Waals surface area contributed by atoms with Crippen LogP contribution in [0.5, 0.6) is 0 Å². The Balaban J connectivity index is 1.37. The van der Waals surface area contributed by atoms with E-state index in [2.05, 4.69) is 20.4 Å². The maximum absolute atomic E-state index is 13.4. The summed E-state index contributed by atoms with van der Waals surface area (Å²) in [6.07, 6.45) is -3.66. The van der Waals surface area contributed by atoms with Gasteiger partial charge in [0.25, 0.3) is 0 Å². The third-order valence-corrected chi connectivity index (χ3v) is 6.51. The van der Waals surface area contributed by atoms with Crippen LogP contribution in [0.1, 0.15) is 17.8 Å². The number of alkyl halides is 3. The summed E-state index contributed by atoms with van der Waals surface area (Å²) in [5, 5.41) is 6.74. The second kappa shape index (κ2) is 12.1. The Morgan fingerprint density at radius 3 is 2.53 bits per heavy atom. The molecule has 0 aliphatic carbocycles. The minimum Gasteiger partial charge on any atom is -0.369 e. The number of carbonyl (C=O) groups is 1. The number of hydrogen-bond acceptors (Lipinski definition) is 6. The van der Waals surface area contributed by atoms with E-state index in [1.54, 1.807) is 0 Å². The van der Waals surface area contributed by atoms with E-state index in [0.717, 1.165) is 42.3 Å². The molecule has 2 N–H and O–H groups in total. The molecule has 38 heavy (non-hydrogen) atoms. The Labute approximate surface area is 224 Å². The second-order valence-corrected chi connectivity index (χ2v) is 9.91. The smallest absolute Gasteiger partial charge is 0.369 e. The number of nitrogens with zero attached hydrogens (tertiary/aromatic N) is 5. The first-order valence-corrected chi connectivity index (χ1v) is 12.8. The number of anilines is 2. The van der Waals surface area contributed by atoms with Gasteiger partial charge in [-0.15, -0.1) is 0 Å². The predicted octanol–water partition coefficient (Wildman–Crippen LogP) is 5.02. The molecule has 0 radical (unpaired) electrons. The molecule has 3 aromatic rings. The molecular formula is C26H31ClF3N7O. The summed E-state index contributed by atoms with van der Waals surface area (Å²) in [5.41, 5.74) is -0.435. The summed E-state index contributed by atoms with van der Waals surface area (Å²) < 4.78 is 40.1. The number of amides is 2. The number of piperazine rings is 1. The molecule has 1 saturated heterocycles. The number of urea groups is 1. The van der Waals surface area contributed by atoms with E-state index < -0.39 is 17.8 Å². The number of hydrogen-bond donors (Lipinski definition) is 2. The summed E-state index contributed by atoms with van der Waals surface area (Å²) in [6, 6.07) is 10.6. The fraction of sp³-hybridized carbons (Fsp3) is 0.423. The molecule has 8 nitrogen and oxygen atoms in total. The van der Waals surface area contributed by atoms with Crippen LogP contribution in [0.15, 0.2) is 42.5 Å². The van der Waals surface area contributed by atoms with E-state index in [0.29, 0.717) is 38.5 Å². The summed E-state index contributed by atoms with van der Waals surface area (Å²) in [4.78, 5) is 28.0. The zero-order chi connectivity index (χ0) is 27.3. The molecule has 0 spiro atoms. The van der Waals surface area contributed by atoms with Gasteiger partial charge in [-0.25, -0.2) is 14.8 Å². The van der Waals surface area contributed by atoms with Crippen LogP contribution in [0.3, 0.4) is 0 Å². The molecule has 12 heteroatoms. The van der Waals surface area contributed by atoms with Crippen molar-refractivity contribution >= 4 is 40.0 Å². The Hall–Kier alpha value is -3.15. The number of fused-ring (bicyclic) bond motifs is 1. The van der Waals surface area contributed by atoms with Gasteiger partial charge in [0.05, 0.1) is 23.3 Å². The van der Waals surface area contributed by atoms with Crippen molar-refractivity contribution in [3.05, 3.63) is 58.9 Å². The van der Waals surface area contributed by atoms with Gasteiger partial charge < -0.3 is 20.4 Å². The molecule has 1 fully saturated rings. The van der Waals surface area contributed by atoms with Crippen LogP contribution in [0.2, 0.25) is 5.02 Å². The summed E-state index contributed by atoms with van der Waals surface area (Å²) >= 11 is 5.73. The number of para-hydroxylation sites is 1. The van der Waals surface area contributed by atoms with Crippen LogP contribution >= 0.6 is 11.6 Å². The number of aromatic nitrogens is 2. The molecule has 204 valence electrons. The van der Waals surface area contributed by atoms with Crippen molar-refractivity contribution in [3.8, 4) is 0 Å². The van der Waals surface area contributed by atoms with Gasteiger partial charge in [0, 0.05) is 43.1 Å². The van der Waals surface area contributed by atoms with E-state index >= 15 is 0 Å². The average Bonchev–Trinajstić information content (AvgIpc) is 2.87. The van der Waals surface area contributed by atoms with Crippen molar-refractivity contribution in [2.45, 2.75) is 19.1 Å². The number of halogens is 4. The molecular weight excluding hydrogens is 519 g/mol. The van der Waals surface area contributed by atoms with Crippen molar-refractivity contribution in [2.24, 2.45) is 0 Å². The molecule has 2 aromatic carbocycles. The lowest BCUT2D eigenvalue weighted by Gasteiger charge is -2.34. The van der Waals surface area contributed by atoms with E-state index in [1.165, 1.54) is 17.0 Å². The number of benzene rings is 2. The topological polar surface area (TPSA) is 76.6 Å². The molecule has 1 aliphatic rings. The SMILES string of the molecule is CN(C)CCCNc1nc(CN2CCN(C(=O)Nc3ccc(Cl)cc3C(F)(F)F)CC2)nc2ccccc12. The minimum atomic E-state index is -4.63. The first-order valence-electron chi connectivity index (χ1n) is 12.4. The molecule has 0 saturated carbocycles. The number of carbonyl (C=O) groups excluding carboxylic acids is 1. The third kappa shape index (κ3) is 7.24. The van der Waals surface area contributed by atoms with Gasteiger partial charge in [0.1, 0.15) is 11.6 Å². The van der Waals surface area contributed by atoms with Crippen LogP contribution in [0, 0.1) is 0 Å². The number of rotatable bonds is 8. The quantitative estimate of drug-likeness (QED) is 0.385. The fourth-order valence-electron chi connectivity index (χ4n) is 4.30. The standard InChI is InChI=1S/C26H31ClF3N7O/c1-35(2)11-5-10-31-24-19-6-3-4-7-21(19)32-23(34-24)17-36-12-14-37(15-13-36)25(38)33-22-9-8-18(27)16-20(22)26(28,29)30/h3-4,6-9,16H,5,10-15,17H2,1-2H3,(H,33,38)(H,31,32,34). The monoisotopic (exact) mass is 549 g/mol. The molecule has 0 atom stereocenters. The van der Waals surface area contributed by atoms with Gasteiger partial charge >= 0.3 is 12.2 Å². The zero-order valence-corrected chi connectivity index (χ0v) is 22.1. The van der Waals surface area contributed by atoms with Crippen LogP contribution in [0.25, 0.3) is 10.9 Å². The van der Waals surface area contributed by atoms with Crippen LogP contribution in [0.4, 0.5) is 29.5 Å². The normalized spacial score (nSPS) is 14.8. The largest absolute Gasteiger partial charge is 0.418 e. The number of nitrogens with one attached hydrogen (secondary N) is 2. The van der Waals surface area contributed by atoms with E-state index in [-0.39, 0.29) is 10.7 Å². The maximum atomic E-state index is 13.4. The molecule has 2 amide bonds. The fourth-order valence-corrected chi connectivity index (χ4v) is 4.47. The van der Waals surface area contributed by atoms with Crippen molar-refractivity contribution in [1.29, 1.82) is 0 Å². The van der Waals surface area contributed by atoms with Crippen LogP contribution in [-0.2, 0) is 12.7 Å². The van der Waals surface area contributed by atoms with Crippen molar-refractivity contribution in [2.75, 3.05) is 64.0 Å². The molecule has 1 aliphatic heterocycles. The second-order valence-electron chi connectivity index (χ2n) is 9.47. The summed E-state index contributed by atoms with van der Waals surface area (Å²) in [7, 11) is 4.08. The van der Waals surface area contributed by atoms with Gasteiger partial charge in [0.15, 0.2) is 0 Å². The molecule has 0 bridgehead atoms. The highest BCUT2D eigenvalue weighted by Crippen LogP contribution is 2.36.